The summed E-state index contributed by atoms with van der Waals surface area (Å²) >= 11 is 0. The number of nitrogens with one attached hydrogen (secondary N) is 1. The van der Waals surface area contributed by atoms with E-state index in [2.05, 4.69) is 5.43 Å². The number of amides is 1. The summed E-state index contributed by atoms with van der Waals surface area (Å²) in [5.41, 5.74) is 4.64. The Bertz CT molecular complexity index is 364. The molecular weight excluding hydrogens is 192 g/mol. The van der Waals surface area contributed by atoms with E-state index in [0.29, 0.717) is 5.56 Å². The molecule has 0 spiro atoms. The van der Waals surface area contributed by atoms with Gasteiger partial charge in [0.15, 0.2) is 0 Å². The van der Waals surface area contributed by atoms with Gasteiger partial charge in [0.25, 0.3) is 5.91 Å². The highest BCUT2D eigenvalue weighted by Gasteiger charge is 2.10. The van der Waals surface area contributed by atoms with E-state index in [-0.39, 0.29) is 12.0 Å². The van der Waals surface area contributed by atoms with Gasteiger partial charge in [-0.2, -0.15) is 0 Å². The molecule has 4 heteroatoms. The zero-order chi connectivity index (χ0) is 11.4. The van der Waals surface area contributed by atoms with Crippen LogP contribution in [0.25, 0.3) is 0 Å². The van der Waals surface area contributed by atoms with Crippen LogP contribution in [0.3, 0.4) is 0 Å². The fraction of sp³-hybridized carbons (Fsp3) is 0.364. The minimum Gasteiger partial charge on any atom is -0.377 e. The number of hydrogen-bond donors (Lipinski definition) is 2. The van der Waals surface area contributed by atoms with Gasteiger partial charge in [-0.05, 0) is 31.0 Å². The zero-order valence-corrected chi connectivity index (χ0v) is 9.20. The summed E-state index contributed by atoms with van der Waals surface area (Å²) in [4.78, 5) is 11.3. The minimum absolute atomic E-state index is 0.0266. The maximum atomic E-state index is 11.3. The van der Waals surface area contributed by atoms with Gasteiger partial charge in [-0.1, -0.05) is 12.1 Å². The molecule has 1 aromatic rings. The molecule has 1 aromatic carbocycles. The van der Waals surface area contributed by atoms with E-state index < -0.39 is 0 Å². The van der Waals surface area contributed by atoms with Crippen LogP contribution in [0.5, 0.6) is 0 Å². The van der Waals surface area contributed by atoms with Gasteiger partial charge in [0.2, 0.25) is 0 Å². The summed E-state index contributed by atoms with van der Waals surface area (Å²) in [6, 6.07) is 5.55. The maximum absolute atomic E-state index is 11.3. The van der Waals surface area contributed by atoms with Crippen molar-refractivity contribution >= 4 is 5.91 Å². The van der Waals surface area contributed by atoms with Crippen molar-refractivity contribution in [1.82, 2.24) is 5.43 Å². The molecule has 0 aromatic heterocycles. The molecule has 0 aliphatic rings. The summed E-state index contributed by atoms with van der Waals surface area (Å²) in [6.07, 6.45) is 0.0266. The lowest BCUT2D eigenvalue weighted by atomic mass is 10.0. The quantitative estimate of drug-likeness (QED) is 0.447. The number of carbonyl (C=O) groups is 1. The second kappa shape index (κ2) is 4.91. The summed E-state index contributed by atoms with van der Waals surface area (Å²) in [7, 11) is 1.65. The first-order chi connectivity index (χ1) is 7.10. The Morgan fingerprint density at radius 3 is 2.67 bits per heavy atom. The summed E-state index contributed by atoms with van der Waals surface area (Å²) < 4.78 is 5.19. The largest absolute Gasteiger partial charge is 0.377 e. The Labute approximate surface area is 89.4 Å². The van der Waals surface area contributed by atoms with Gasteiger partial charge in [0.05, 0.1) is 6.10 Å². The normalized spacial score (nSPS) is 12.3. The molecule has 0 aliphatic carbocycles. The van der Waals surface area contributed by atoms with Crippen molar-refractivity contribution in [2.75, 3.05) is 7.11 Å². The van der Waals surface area contributed by atoms with Crippen LogP contribution in [0.15, 0.2) is 18.2 Å². The standard InChI is InChI=1S/C11H16N2O2/c1-7-6-9(8(2)15-3)4-5-10(7)11(14)13-12/h4-6,8H,12H2,1-3H3,(H,13,14). The smallest absolute Gasteiger partial charge is 0.265 e. The molecule has 1 atom stereocenters. The molecule has 15 heavy (non-hydrogen) atoms. The third-order valence-corrected chi connectivity index (χ3v) is 2.45. The molecule has 0 fully saturated rings. The van der Waals surface area contributed by atoms with Gasteiger partial charge < -0.3 is 4.74 Å². The molecule has 1 unspecified atom stereocenters. The van der Waals surface area contributed by atoms with Gasteiger partial charge in [0, 0.05) is 12.7 Å². The number of nitrogen functional groups attached to an aromatic ring is 1. The van der Waals surface area contributed by atoms with Gasteiger partial charge in [-0.3, -0.25) is 10.2 Å². The first kappa shape index (κ1) is 11.7. The van der Waals surface area contributed by atoms with Gasteiger partial charge in [0.1, 0.15) is 0 Å². The van der Waals surface area contributed by atoms with E-state index >= 15 is 0 Å². The van der Waals surface area contributed by atoms with Crippen LogP contribution in [-0.2, 0) is 4.74 Å². The fourth-order valence-electron chi connectivity index (χ4n) is 1.41. The van der Waals surface area contributed by atoms with E-state index in [1.165, 1.54) is 0 Å². The van der Waals surface area contributed by atoms with Crippen LogP contribution in [0, 0.1) is 6.92 Å². The zero-order valence-electron chi connectivity index (χ0n) is 9.20. The Hall–Kier alpha value is -1.39. The minimum atomic E-state index is -0.274. The van der Waals surface area contributed by atoms with Crippen molar-refractivity contribution in [1.29, 1.82) is 0 Å². The molecule has 1 amide bonds. The van der Waals surface area contributed by atoms with Crippen molar-refractivity contribution < 1.29 is 9.53 Å². The van der Waals surface area contributed by atoms with Gasteiger partial charge in [-0.15, -0.1) is 0 Å². The predicted octanol–water partition coefficient (Wildman–Crippen LogP) is 1.31. The molecule has 1 rings (SSSR count). The molecule has 0 saturated heterocycles. The van der Waals surface area contributed by atoms with Crippen LogP contribution in [0.1, 0.15) is 34.5 Å². The molecule has 0 aliphatic heterocycles. The molecule has 0 heterocycles. The third kappa shape index (κ3) is 2.55. The van der Waals surface area contributed by atoms with Crippen LogP contribution in [-0.4, -0.2) is 13.0 Å². The molecule has 3 N–H and O–H groups in total. The number of nitrogens with two attached hydrogens (primary N) is 1. The van der Waals surface area contributed by atoms with Crippen LogP contribution < -0.4 is 11.3 Å². The number of hydrogen-bond acceptors (Lipinski definition) is 3. The van der Waals surface area contributed by atoms with Crippen molar-refractivity contribution in [3.8, 4) is 0 Å². The summed E-state index contributed by atoms with van der Waals surface area (Å²) in [5, 5.41) is 0. The molecule has 0 saturated carbocycles. The summed E-state index contributed by atoms with van der Waals surface area (Å²) in [6.45, 7) is 3.83. The van der Waals surface area contributed by atoms with Crippen molar-refractivity contribution in [2.24, 2.45) is 5.84 Å². The molecule has 4 nitrogen and oxygen atoms in total. The van der Waals surface area contributed by atoms with Crippen molar-refractivity contribution in [3.05, 3.63) is 34.9 Å². The number of hydrazine groups is 1. The van der Waals surface area contributed by atoms with Gasteiger partial charge in [-0.25, -0.2) is 5.84 Å². The van der Waals surface area contributed by atoms with E-state index in [9.17, 15) is 4.79 Å². The average molecular weight is 208 g/mol. The van der Waals surface area contributed by atoms with Crippen molar-refractivity contribution in [2.45, 2.75) is 20.0 Å². The fourth-order valence-corrected chi connectivity index (χ4v) is 1.41. The average Bonchev–Trinajstić information content (AvgIpc) is 2.26. The lowest BCUT2D eigenvalue weighted by molar-refractivity contribution is 0.0952. The third-order valence-electron chi connectivity index (χ3n) is 2.45. The Balaban J connectivity index is 3.03. The lowest BCUT2D eigenvalue weighted by Gasteiger charge is -2.12. The van der Waals surface area contributed by atoms with E-state index in [4.69, 9.17) is 10.6 Å². The highest BCUT2D eigenvalue weighted by molar-refractivity contribution is 5.95. The molecular formula is C11H16N2O2. The number of carbonyl (C=O) groups excluding carboxylic acids is 1. The van der Waals surface area contributed by atoms with E-state index in [1.807, 2.05) is 26.0 Å². The van der Waals surface area contributed by atoms with Crippen LogP contribution in [0.4, 0.5) is 0 Å². The van der Waals surface area contributed by atoms with E-state index in [0.717, 1.165) is 11.1 Å². The highest BCUT2D eigenvalue weighted by Crippen LogP contribution is 2.19. The lowest BCUT2D eigenvalue weighted by Crippen LogP contribution is -2.30. The summed E-state index contributed by atoms with van der Waals surface area (Å²) in [5.74, 6) is 4.80. The molecule has 0 bridgehead atoms. The van der Waals surface area contributed by atoms with Crippen LogP contribution in [0.2, 0.25) is 0 Å². The Morgan fingerprint density at radius 2 is 2.20 bits per heavy atom. The van der Waals surface area contributed by atoms with Gasteiger partial charge >= 0.3 is 0 Å². The number of ether oxygens (including phenoxy) is 1. The Kier molecular flexibility index (Phi) is 3.82. The molecule has 0 radical (unpaired) electrons. The number of aryl methyl sites for hydroxylation is 1. The number of methoxy groups -OCH3 is 1. The SMILES string of the molecule is COC(C)c1ccc(C(=O)NN)c(C)c1. The topological polar surface area (TPSA) is 64.3 Å². The monoisotopic (exact) mass is 208 g/mol. The second-order valence-electron chi connectivity index (χ2n) is 3.43. The predicted molar refractivity (Wildman–Crippen MR) is 58.3 cm³/mol. The van der Waals surface area contributed by atoms with Crippen molar-refractivity contribution in [3.63, 3.8) is 0 Å². The van der Waals surface area contributed by atoms with Crippen LogP contribution >= 0.6 is 0 Å². The second-order valence-corrected chi connectivity index (χ2v) is 3.43. The number of benzene rings is 1. The first-order valence-electron chi connectivity index (χ1n) is 4.74. The Morgan fingerprint density at radius 1 is 1.53 bits per heavy atom. The highest BCUT2D eigenvalue weighted by atomic mass is 16.5. The number of rotatable bonds is 3. The maximum Gasteiger partial charge on any atom is 0.265 e. The van der Waals surface area contributed by atoms with E-state index in [1.54, 1.807) is 13.2 Å². The first-order valence-corrected chi connectivity index (χ1v) is 4.74. The molecule has 82 valence electrons.